The van der Waals surface area contributed by atoms with Gasteiger partial charge >= 0.3 is 0 Å². The van der Waals surface area contributed by atoms with Gasteiger partial charge in [-0.05, 0) is 41.7 Å². The zero-order valence-electron chi connectivity index (χ0n) is 10.4. The Labute approximate surface area is 111 Å². The molecule has 0 atom stereocenters. The lowest BCUT2D eigenvalue weighted by Gasteiger charge is -2.29. The van der Waals surface area contributed by atoms with Gasteiger partial charge in [0.15, 0.2) is 0 Å². The lowest BCUT2D eigenvalue weighted by atomic mass is 9.81. The molecule has 1 aromatic heterocycles. The largest absolute Gasteiger partial charge is 0.381 e. The summed E-state index contributed by atoms with van der Waals surface area (Å²) in [6, 6.07) is 2.17. The van der Waals surface area contributed by atoms with Crippen LogP contribution in [0.4, 0.5) is 0 Å². The van der Waals surface area contributed by atoms with Crippen molar-refractivity contribution in [2.45, 2.75) is 26.3 Å². The molecule has 18 heavy (non-hydrogen) atoms. The normalized spacial score (nSPS) is 18.0. The van der Waals surface area contributed by atoms with E-state index in [-0.39, 0.29) is 5.91 Å². The SMILES string of the molecule is Cc1cscc1CNC(=O)C1(C#N)CCOCC1. The van der Waals surface area contributed by atoms with Crippen LogP contribution in [0.15, 0.2) is 10.8 Å². The zero-order valence-corrected chi connectivity index (χ0v) is 11.2. The van der Waals surface area contributed by atoms with Crippen LogP contribution in [0.3, 0.4) is 0 Å². The molecule has 1 amide bonds. The van der Waals surface area contributed by atoms with Crippen LogP contribution >= 0.6 is 11.3 Å². The first-order valence-electron chi connectivity index (χ1n) is 5.97. The van der Waals surface area contributed by atoms with Gasteiger partial charge in [0.1, 0.15) is 5.41 Å². The first-order chi connectivity index (χ1) is 8.68. The minimum Gasteiger partial charge on any atom is -0.381 e. The van der Waals surface area contributed by atoms with E-state index in [1.165, 1.54) is 5.56 Å². The topological polar surface area (TPSA) is 62.1 Å². The molecule has 0 unspecified atom stereocenters. The van der Waals surface area contributed by atoms with E-state index in [4.69, 9.17) is 4.74 Å². The Balaban J connectivity index is 1.99. The summed E-state index contributed by atoms with van der Waals surface area (Å²) in [5.41, 5.74) is 1.40. The van der Waals surface area contributed by atoms with Crippen molar-refractivity contribution in [2.75, 3.05) is 13.2 Å². The van der Waals surface area contributed by atoms with Gasteiger partial charge in [-0.1, -0.05) is 0 Å². The van der Waals surface area contributed by atoms with Crippen molar-refractivity contribution in [3.05, 3.63) is 21.9 Å². The number of nitrogens with zero attached hydrogens (tertiary/aromatic N) is 1. The number of carbonyl (C=O) groups excluding carboxylic acids is 1. The zero-order chi connectivity index (χ0) is 13.0. The lowest BCUT2D eigenvalue weighted by Crippen LogP contribution is -2.43. The first-order valence-corrected chi connectivity index (χ1v) is 6.91. The second kappa shape index (κ2) is 5.51. The van der Waals surface area contributed by atoms with Gasteiger partial charge in [-0.2, -0.15) is 16.6 Å². The number of ether oxygens (including phenoxy) is 1. The van der Waals surface area contributed by atoms with E-state index in [0.29, 0.717) is 32.6 Å². The van der Waals surface area contributed by atoms with Gasteiger partial charge in [0.05, 0.1) is 6.07 Å². The summed E-state index contributed by atoms with van der Waals surface area (Å²) in [4.78, 5) is 12.2. The van der Waals surface area contributed by atoms with E-state index in [9.17, 15) is 10.1 Å². The van der Waals surface area contributed by atoms with Crippen molar-refractivity contribution in [3.8, 4) is 6.07 Å². The summed E-state index contributed by atoms with van der Waals surface area (Å²) in [5.74, 6) is -0.168. The highest BCUT2D eigenvalue weighted by molar-refractivity contribution is 7.08. The highest BCUT2D eigenvalue weighted by Gasteiger charge is 2.40. The maximum Gasteiger partial charge on any atom is 0.240 e. The van der Waals surface area contributed by atoms with E-state index in [2.05, 4.69) is 16.8 Å². The molecular weight excluding hydrogens is 248 g/mol. The number of nitriles is 1. The molecule has 0 aliphatic carbocycles. The van der Waals surface area contributed by atoms with Crippen molar-refractivity contribution < 1.29 is 9.53 Å². The maximum atomic E-state index is 12.2. The lowest BCUT2D eigenvalue weighted by molar-refractivity contribution is -0.132. The molecule has 2 heterocycles. The smallest absolute Gasteiger partial charge is 0.240 e. The highest BCUT2D eigenvalue weighted by Crippen LogP contribution is 2.30. The van der Waals surface area contributed by atoms with Gasteiger partial charge < -0.3 is 10.1 Å². The van der Waals surface area contributed by atoms with E-state index in [0.717, 1.165) is 5.56 Å². The molecule has 1 N–H and O–H groups in total. The highest BCUT2D eigenvalue weighted by atomic mass is 32.1. The van der Waals surface area contributed by atoms with Crippen LogP contribution in [0, 0.1) is 23.7 Å². The van der Waals surface area contributed by atoms with Crippen molar-refractivity contribution >= 4 is 17.2 Å². The van der Waals surface area contributed by atoms with Crippen LogP contribution in [0.5, 0.6) is 0 Å². The van der Waals surface area contributed by atoms with Crippen LogP contribution in [0.2, 0.25) is 0 Å². The Morgan fingerprint density at radius 1 is 1.56 bits per heavy atom. The van der Waals surface area contributed by atoms with E-state index in [1.54, 1.807) is 11.3 Å². The molecule has 0 spiro atoms. The van der Waals surface area contributed by atoms with E-state index >= 15 is 0 Å². The molecule has 0 radical (unpaired) electrons. The van der Waals surface area contributed by atoms with Gasteiger partial charge in [-0.25, -0.2) is 0 Å². The van der Waals surface area contributed by atoms with Crippen molar-refractivity contribution in [2.24, 2.45) is 5.41 Å². The number of nitrogens with one attached hydrogen (secondary N) is 1. The fourth-order valence-corrected chi connectivity index (χ4v) is 2.88. The molecule has 0 saturated carbocycles. The second-order valence-corrected chi connectivity index (χ2v) is 5.31. The molecule has 1 saturated heterocycles. The summed E-state index contributed by atoms with van der Waals surface area (Å²) in [6.07, 6.45) is 0.968. The van der Waals surface area contributed by atoms with Crippen LogP contribution in [-0.4, -0.2) is 19.1 Å². The Morgan fingerprint density at radius 2 is 2.28 bits per heavy atom. The fourth-order valence-electron chi connectivity index (χ4n) is 2.02. The van der Waals surface area contributed by atoms with E-state index < -0.39 is 5.41 Å². The quantitative estimate of drug-likeness (QED) is 0.908. The third kappa shape index (κ3) is 2.55. The number of hydrogen-bond donors (Lipinski definition) is 1. The molecule has 2 rings (SSSR count). The minimum absolute atomic E-state index is 0.168. The molecule has 1 aromatic rings. The molecule has 1 fully saturated rings. The van der Waals surface area contributed by atoms with Crippen LogP contribution in [0.25, 0.3) is 0 Å². The maximum absolute atomic E-state index is 12.2. The van der Waals surface area contributed by atoms with E-state index in [1.807, 2.05) is 12.3 Å². The monoisotopic (exact) mass is 264 g/mol. The third-order valence-corrected chi connectivity index (χ3v) is 4.31. The van der Waals surface area contributed by atoms with Crippen molar-refractivity contribution in [1.82, 2.24) is 5.32 Å². The standard InChI is InChI=1S/C13H16N2O2S/c1-10-7-18-8-11(10)6-15-12(16)13(9-14)2-4-17-5-3-13/h7-8H,2-6H2,1H3,(H,15,16). The Kier molecular flexibility index (Phi) is 4.00. The average molecular weight is 264 g/mol. The second-order valence-electron chi connectivity index (χ2n) is 4.57. The number of amides is 1. The van der Waals surface area contributed by atoms with Crippen molar-refractivity contribution in [1.29, 1.82) is 5.26 Å². The Hall–Kier alpha value is -1.38. The average Bonchev–Trinajstić information content (AvgIpc) is 2.82. The first kappa shape index (κ1) is 13.1. The number of carbonyl (C=O) groups is 1. The fraction of sp³-hybridized carbons (Fsp3) is 0.538. The summed E-state index contributed by atoms with van der Waals surface area (Å²) in [5, 5.41) is 16.2. The van der Waals surface area contributed by atoms with Gasteiger partial charge in [0.2, 0.25) is 5.91 Å². The van der Waals surface area contributed by atoms with Gasteiger partial charge in [0, 0.05) is 19.8 Å². The minimum atomic E-state index is -0.901. The van der Waals surface area contributed by atoms with Crippen molar-refractivity contribution in [3.63, 3.8) is 0 Å². The number of hydrogen-bond acceptors (Lipinski definition) is 4. The molecule has 5 heteroatoms. The molecule has 4 nitrogen and oxygen atoms in total. The summed E-state index contributed by atoms with van der Waals surface area (Å²) >= 11 is 1.62. The van der Waals surface area contributed by atoms with Gasteiger partial charge in [0.25, 0.3) is 0 Å². The summed E-state index contributed by atoms with van der Waals surface area (Å²) < 4.78 is 5.22. The molecular formula is C13H16N2O2S. The predicted molar refractivity (Wildman–Crippen MR) is 69.0 cm³/mol. The molecule has 1 aliphatic heterocycles. The molecule has 0 aromatic carbocycles. The van der Waals surface area contributed by atoms with Gasteiger partial charge in [-0.15, -0.1) is 0 Å². The third-order valence-electron chi connectivity index (χ3n) is 3.40. The molecule has 0 bridgehead atoms. The summed E-state index contributed by atoms with van der Waals surface area (Å²) in [7, 11) is 0. The van der Waals surface area contributed by atoms with Gasteiger partial charge in [-0.3, -0.25) is 4.79 Å². The number of aryl methyl sites for hydroxylation is 1. The van der Waals surface area contributed by atoms with Crippen LogP contribution < -0.4 is 5.32 Å². The number of rotatable bonds is 3. The molecule has 96 valence electrons. The number of thiophene rings is 1. The molecule has 1 aliphatic rings. The van der Waals surface area contributed by atoms with Crippen LogP contribution in [0.1, 0.15) is 24.0 Å². The Morgan fingerprint density at radius 3 is 2.83 bits per heavy atom. The van der Waals surface area contributed by atoms with Crippen LogP contribution in [-0.2, 0) is 16.1 Å². The Bertz CT molecular complexity index is 470. The summed E-state index contributed by atoms with van der Waals surface area (Å²) in [6.45, 7) is 3.49. The predicted octanol–water partition coefficient (Wildman–Crippen LogP) is 1.99.